The summed E-state index contributed by atoms with van der Waals surface area (Å²) < 4.78 is 32.5. The zero-order valence-corrected chi connectivity index (χ0v) is 14.3. The highest BCUT2D eigenvalue weighted by molar-refractivity contribution is 7.99. The Morgan fingerprint density at radius 1 is 1.24 bits per heavy atom. The summed E-state index contributed by atoms with van der Waals surface area (Å²) in [5, 5.41) is 8.67. The molecule has 0 aliphatic heterocycles. The van der Waals surface area contributed by atoms with Gasteiger partial charge in [0, 0.05) is 18.9 Å². The largest absolute Gasteiger partial charge is 0.497 e. The normalized spacial score (nSPS) is 11.6. The highest BCUT2D eigenvalue weighted by Gasteiger charge is 2.19. The molecular weight excluding hydrogens is 310 g/mol. The number of ether oxygens (including phenoxy) is 1. The fraction of sp³-hybridized carbons (Fsp3) is 0.571. The van der Waals surface area contributed by atoms with Gasteiger partial charge in [-0.2, -0.15) is 11.8 Å². The van der Waals surface area contributed by atoms with Gasteiger partial charge in [0.15, 0.2) is 0 Å². The molecular formula is C14H23NO4S2. The Kier molecular flexibility index (Phi) is 7.51. The fourth-order valence-electron chi connectivity index (χ4n) is 2.04. The molecule has 5 nitrogen and oxygen atoms in total. The number of thioether (sulfide) groups is 1. The predicted octanol–water partition coefficient (Wildman–Crippen LogP) is 1.71. The second-order valence-electron chi connectivity index (χ2n) is 4.68. The van der Waals surface area contributed by atoms with Crippen LogP contribution >= 0.6 is 11.8 Å². The molecule has 0 spiro atoms. The van der Waals surface area contributed by atoms with Crippen molar-refractivity contribution in [3.8, 4) is 5.75 Å². The SMILES string of the molecule is COc1cc(C)c(S(=O)(=O)NCCSCCCO)c(C)c1. The van der Waals surface area contributed by atoms with E-state index in [2.05, 4.69) is 4.72 Å². The van der Waals surface area contributed by atoms with Crippen LogP contribution in [0.1, 0.15) is 17.5 Å². The van der Waals surface area contributed by atoms with E-state index in [9.17, 15) is 8.42 Å². The van der Waals surface area contributed by atoms with Gasteiger partial charge in [0.2, 0.25) is 10.0 Å². The minimum Gasteiger partial charge on any atom is -0.497 e. The van der Waals surface area contributed by atoms with Crippen LogP contribution in [0.2, 0.25) is 0 Å². The lowest BCUT2D eigenvalue weighted by molar-refractivity contribution is 0.296. The standard InChI is InChI=1S/C14H23NO4S2/c1-11-9-13(19-3)10-12(2)14(11)21(17,18)15-5-8-20-7-4-6-16/h9-10,15-16H,4-8H2,1-3H3. The van der Waals surface area contributed by atoms with Gasteiger partial charge in [0.1, 0.15) is 5.75 Å². The van der Waals surface area contributed by atoms with Crippen LogP contribution in [0.3, 0.4) is 0 Å². The summed E-state index contributed by atoms with van der Waals surface area (Å²) in [5.41, 5.74) is 1.35. The molecule has 2 N–H and O–H groups in total. The van der Waals surface area contributed by atoms with Crippen molar-refractivity contribution in [3.63, 3.8) is 0 Å². The van der Waals surface area contributed by atoms with Crippen LogP contribution in [0.4, 0.5) is 0 Å². The first-order valence-electron chi connectivity index (χ1n) is 6.76. The number of hydrogen-bond acceptors (Lipinski definition) is 5. The molecule has 0 atom stereocenters. The van der Waals surface area contributed by atoms with Crippen LogP contribution in [0.25, 0.3) is 0 Å². The molecule has 0 aromatic heterocycles. The van der Waals surface area contributed by atoms with E-state index in [1.165, 1.54) is 0 Å². The summed E-state index contributed by atoms with van der Waals surface area (Å²) in [6.07, 6.45) is 0.730. The number of methoxy groups -OCH3 is 1. The molecule has 0 aliphatic carbocycles. The van der Waals surface area contributed by atoms with Crippen molar-refractivity contribution in [1.82, 2.24) is 4.72 Å². The van der Waals surface area contributed by atoms with Gasteiger partial charge in [-0.05, 0) is 49.3 Å². The Hall–Kier alpha value is -0.760. The Balaban J connectivity index is 2.70. The van der Waals surface area contributed by atoms with Crippen molar-refractivity contribution in [2.45, 2.75) is 25.2 Å². The summed E-state index contributed by atoms with van der Waals surface area (Å²) in [4.78, 5) is 0.323. The van der Waals surface area contributed by atoms with Gasteiger partial charge in [0.25, 0.3) is 0 Å². The maximum absolute atomic E-state index is 12.4. The highest BCUT2D eigenvalue weighted by Crippen LogP contribution is 2.25. The van der Waals surface area contributed by atoms with Gasteiger partial charge in [-0.15, -0.1) is 0 Å². The topological polar surface area (TPSA) is 75.6 Å². The van der Waals surface area contributed by atoms with Gasteiger partial charge >= 0.3 is 0 Å². The lowest BCUT2D eigenvalue weighted by atomic mass is 10.1. The Morgan fingerprint density at radius 3 is 2.38 bits per heavy atom. The van der Waals surface area contributed by atoms with E-state index in [-0.39, 0.29) is 6.61 Å². The van der Waals surface area contributed by atoms with Gasteiger partial charge in [-0.3, -0.25) is 0 Å². The molecule has 120 valence electrons. The number of sulfonamides is 1. The average Bonchev–Trinajstić information content (AvgIpc) is 2.41. The molecule has 0 aliphatic rings. The molecule has 21 heavy (non-hydrogen) atoms. The molecule has 0 radical (unpaired) electrons. The molecule has 0 fully saturated rings. The predicted molar refractivity (Wildman–Crippen MR) is 86.7 cm³/mol. The van der Waals surface area contributed by atoms with Gasteiger partial charge < -0.3 is 9.84 Å². The molecule has 0 heterocycles. The van der Waals surface area contributed by atoms with Crippen molar-refractivity contribution in [2.75, 3.05) is 31.8 Å². The maximum Gasteiger partial charge on any atom is 0.241 e. The monoisotopic (exact) mass is 333 g/mol. The second kappa shape index (κ2) is 8.63. The smallest absolute Gasteiger partial charge is 0.241 e. The Morgan fingerprint density at radius 2 is 1.86 bits per heavy atom. The van der Waals surface area contributed by atoms with E-state index in [0.29, 0.717) is 34.1 Å². The molecule has 0 saturated heterocycles. The summed E-state index contributed by atoms with van der Waals surface area (Å²) in [7, 11) is -1.95. The first kappa shape index (κ1) is 18.3. The van der Waals surface area contributed by atoms with E-state index in [1.807, 2.05) is 0 Å². The summed E-state index contributed by atoms with van der Waals surface area (Å²) in [5.74, 6) is 2.18. The first-order valence-corrected chi connectivity index (χ1v) is 9.39. The molecule has 0 saturated carbocycles. The quantitative estimate of drug-likeness (QED) is 0.673. The summed E-state index contributed by atoms with van der Waals surface area (Å²) >= 11 is 1.62. The van der Waals surface area contributed by atoms with Crippen LogP contribution in [0.5, 0.6) is 5.75 Å². The Bertz CT molecular complexity index is 535. The van der Waals surface area contributed by atoms with Crippen LogP contribution in [0, 0.1) is 13.8 Å². The van der Waals surface area contributed by atoms with Crippen LogP contribution < -0.4 is 9.46 Å². The molecule has 1 aromatic rings. The van der Waals surface area contributed by atoms with Gasteiger partial charge in [-0.1, -0.05) is 0 Å². The number of rotatable bonds is 9. The van der Waals surface area contributed by atoms with Crippen molar-refractivity contribution < 1.29 is 18.3 Å². The Labute approximate surface area is 131 Å². The molecule has 7 heteroatoms. The fourth-order valence-corrected chi connectivity index (χ4v) is 4.44. The number of aliphatic hydroxyl groups excluding tert-OH is 1. The zero-order chi connectivity index (χ0) is 15.9. The van der Waals surface area contributed by atoms with Gasteiger partial charge in [0.05, 0.1) is 12.0 Å². The van der Waals surface area contributed by atoms with E-state index >= 15 is 0 Å². The number of hydrogen-bond donors (Lipinski definition) is 2. The van der Waals surface area contributed by atoms with E-state index < -0.39 is 10.0 Å². The van der Waals surface area contributed by atoms with Crippen molar-refractivity contribution in [2.24, 2.45) is 0 Å². The molecule has 0 bridgehead atoms. The average molecular weight is 333 g/mol. The lowest BCUT2D eigenvalue weighted by Gasteiger charge is -2.13. The zero-order valence-electron chi connectivity index (χ0n) is 12.7. The second-order valence-corrected chi connectivity index (χ2v) is 7.61. The molecule has 0 unspecified atom stereocenters. The third kappa shape index (κ3) is 5.50. The van der Waals surface area contributed by atoms with Crippen LogP contribution in [-0.4, -0.2) is 45.3 Å². The van der Waals surface area contributed by atoms with Crippen molar-refractivity contribution >= 4 is 21.8 Å². The number of aliphatic hydroxyl groups is 1. The molecule has 1 aromatic carbocycles. The minimum absolute atomic E-state index is 0.170. The summed E-state index contributed by atoms with van der Waals surface area (Å²) in [6, 6.07) is 3.44. The molecule has 0 amide bonds. The minimum atomic E-state index is -3.51. The van der Waals surface area contributed by atoms with Crippen molar-refractivity contribution in [3.05, 3.63) is 23.3 Å². The highest BCUT2D eigenvalue weighted by atomic mass is 32.2. The van der Waals surface area contributed by atoms with Crippen LogP contribution in [0.15, 0.2) is 17.0 Å². The number of aryl methyl sites for hydroxylation is 2. The van der Waals surface area contributed by atoms with E-state index in [0.717, 1.165) is 12.2 Å². The van der Waals surface area contributed by atoms with Crippen molar-refractivity contribution in [1.29, 1.82) is 0 Å². The van der Waals surface area contributed by atoms with Gasteiger partial charge in [-0.25, -0.2) is 13.1 Å². The lowest BCUT2D eigenvalue weighted by Crippen LogP contribution is -2.27. The van der Waals surface area contributed by atoms with Crippen LogP contribution in [-0.2, 0) is 10.0 Å². The van der Waals surface area contributed by atoms with E-state index in [1.54, 1.807) is 44.9 Å². The number of benzene rings is 1. The third-order valence-corrected chi connectivity index (χ3v) is 5.76. The van der Waals surface area contributed by atoms with E-state index in [4.69, 9.17) is 9.84 Å². The first-order chi connectivity index (χ1) is 9.92. The maximum atomic E-state index is 12.4. The third-order valence-electron chi connectivity index (χ3n) is 2.92. The number of nitrogens with one attached hydrogen (secondary N) is 1. The summed E-state index contributed by atoms with van der Waals surface area (Å²) in [6.45, 7) is 4.08. The molecule has 1 rings (SSSR count).